The van der Waals surface area contributed by atoms with Crippen molar-refractivity contribution < 1.29 is 27.5 Å². The highest BCUT2D eigenvalue weighted by molar-refractivity contribution is 5.92. The number of alkyl halides is 3. The van der Waals surface area contributed by atoms with E-state index in [2.05, 4.69) is 11.9 Å². The number of benzene rings is 1. The standard InChI is InChI=1S/C22H27F3N4O3/c1-4-10-29(21(31)26-18-8-5-7-17(14-18)22(23,24)25)16-20(30)28(12-13-32-3)15-19-9-6-11-27(19)2/h4-9,11,14H,1,10,12-13,15-16H2,2-3H3,(H,26,31). The molecule has 0 atom stereocenters. The first kappa shape index (κ1) is 25.0. The zero-order valence-corrected chi connectivity index (χ0v) is 18.1. The normalized spacial score (nSPS) is 11.2. The van der Waals surface area contributed by atoms with E-state index >= 15 is 0 Å². The largest absolute Gasteiger partial charge is 0.416 e. The molecule has 174 valence electrons. The van der Waals surface area contributed by atoms with Crippen LogP contribution in [-0.2, 0) is 29.3 Å². The van der Waals surface area contributed by atoms with Gasteiger partial charge in [-0.1, -0.05) is 12.1 Å². The van der Waals surface area contributed by atoms with E-state index in [1.807, 2.05) is 29.9 Å². The second kappa shape index (κ2) is 11.4. The predicted molar refractivity (Wildman–Crippen MR) is 115 cm³/mol. The molecule has 0 radical (unpaired) electrons. The van der Waals surface area contributed by atoms with Crippen LogP contribution in [0, 0.1) is 0 Å². The molecule has 0 saturated carbocycles. The number of anilines is 1. The Morgan fingerprint density at radius 2 is 1.97 bits per heavy atom. The Labute approximate surface area is 185 Å². The van der Waals surface area contributed by atoms with Crippen molar-refractivity contribution in [2.45, 2.75) is 12.7 Å². The number of ether oxygens (including phenoxy) is 1. The molecule has 2 aromatic rings. The molecular formula is C22H27F3N4O3. The Morgan fingerprint density at radius 1 is 1.22 bits per heavy atom. The van der Waals surface area contributed by atoms with Gasteiger partial charge in [-0.15, -0.1) is 6.58 Å². The highest BCUT2D eigenvalue weighted by atomic mass is 19.4. The first-order valence-corrected chi connectivity index (χ1v) is 9.86. The lowest BCUT2D eigenvalue weighted by molar-refractivity contribution is -0.137. The van der Waals surface area contributed by atoms with E-state index in [0.717, 1.165) is 17.8 Å². The molecule has 1 aromatic heterocycles. The van der Waals surface area contributed by atoms with Crippen molar-refractivity contribution in [1.82, 2.24) is 14.4 Å². The number of halogens is 3. The van der Waals surface area contributed by atoms with Gasteiger partial charge in [-0.05, 0) is 30.3 Å². The smallest absolute Gasteiger partial charge is 0.383 e. The van der Waals surface area contributed by atoms with E-state index in [9.17, 15) is 22.8 Å². The third kappa shape index (κ3) is 7.16. The van der Waals surface area contributed by atoms with Crippen molar-refractivity contribution in [3.63, 3.8) is 0 Å². The topological polar surface area (TPSA) is 66.8 Å². The monoisotopic (exact) mass is 452 g/mol. The molecule has 10 heteroatoms. The maximum absolute atomic E-state index is 13.0. The summed E-state index contributed by atoms with van der Waals surface area (Å²) in [4.78, 5) is 28.4. The first-order valence-electron chi connectivity index (χ1n) is 9.86. The molecule has 0 unspecified atom stereocenters. The molecule has 7 nitrogen and oxygen atoms in total. The number of hydrogen-bond donors (Lipinski definition) is 1. The quantitative estimate of drug-likeness (QED) is 0.559. The Balaban J connectivity index is 2.12. The minimum atomic E-state index is -4.53. The second-order valence-corrected chi connectivity index (χ2v) is 7.10. The Hall–Kier alpha value is -3.27. The number of carbonyl (C=O) groups is 2. The molecule has 1 heterocycles. The van der Waals surface area contributed by atoms with Crippen LogP contribution < -0.4 is 5.32 Å². The number of nitrogens with one attached hydrogen (secondary N) is 1. The number of nitrogens with zero attached hydrogens (tertiary/aromatic N) is 3. The third-order valence-electron chi connectivity index (χ3n) is 4.73. The lowest BCUT2D eigenvalue weighted by Gasteiger charge is -2.27. The van der Waals surface area contributed by atoms with Crippen LogP contribution in [0.25, 0.3) is 0 Å². The molecular weight excluding hydrogens is 425 g/mol. The van der Waals surface area contributed by atoms with Crippen molar-refractivity contribution in [1.29, 1.82) is 0 Å². The SMILES string of the molecule is C=CCN(CC(=O)N(CCOC)Cc1cccn1C)C(=O)Nc1cccc(C(F)(F)F)c1. The maximum Gasteiger partial charge on any atom is 0.416 e. The fourth-order valence-corrected chi connectivity index (χ4v) is 2.96. The molecule has 0 spiro atoms. The number of hydrogen-bond acceptors (Lipinski definition) is 3. The summed E-state index contributed by atoms with van der Waals surface area (Å²) in [5.41, 5.74) is -0.000480. The summed E-state index contributed by atoms with van der Waals surface area (Å²) in [6, 6.07) is 7.35. The number of rotatable bonds is 10. The fraction of sp³-hybridized carbons (Fsp3) is 0.364. The van der Waals surface area contributed by atoms with Gasteiger partial charge < -0.3 is 24.4 Å². The molecule has 2 rings (SSSR count). The number of methoxy groups -OCH3 is 1. The highest BCUT2D eigenvalue weighted by Gasteiger charge is 2.30. The average molecular weight is 452 g/mol. The van der Waals surface area contributed by atoms with Crippen LogP contribution in [-0.4, -0.2) is 59.7 Å². The molecule has 3 amide bonds. The summed E-state index contributed by atoms with van der Waals surface area (Å²) < 4.78 is 45.8. The van der Waals surface area contributed by atoms with E-state index in [-0.39, 0.29) is 24.7 Å². The van der Waals surface area contributed by atoms with Gasteiger partial charge in [0.2, 0.25) is 5.91 Å². The summed E-state index contributed by atoms with van der Waals surface area (Å²) in [6.45, 7) is 4.31. The van der Waals surface area contributed by atoms with Gasteiger partial charge in [-0.2, -0.15) is 13.2 Å². The van der Waals surface area contributed by atoms with Gasteiger partial charge in [-0.25, -0.2) is 4.79 Å². The van der Waals surface area contributed by atoms with Gasteiger partial charge in [0.05, 0.1) is 18.7 Å². The minimum Gasteiger partial charge on any atom is -0.383 e. The molecule has 1 aromatic carbocycles. The summed E-state index contributed by atoms with van der Waals surface area (Å²) in [5, 5.41) is 2.42. The number of urea groups is 1. The van der Waals surface area contributed by atoms with Gasteiger partial charge in [0.15, 0.2) is 0 Å². The molecule has 0 aliphatic rings. The number of amides is 3. The molecule has 0 aliphatic heterocycles. The van der Waals surface area contributed by atoms with Crippen molar-refractivity contribution in [2.75, 3.05) is 38.7 Å². The molecule has 1 N–H and O–H groups in total. The van der Waals surface area contributed by atoms with Crippen LogP contribution in [0.2, 0.25) is 0 Å². The van der Waals surface area contributed by atoms with Crippen molar-refractivity contribution in [3.8, 4) is 0 Å². The summed E-state index contributed by atoms with van der Waals surface area (Å²) >= 11 is 0. The highest BCUT2D eigenvalue weighted by Crippen LogP contribution is 2.30. The second-order valence-electron chi connectivity index (χ2n) is 7.10. The lowest BCUT2D eigenvalue weighted by Crippen LogP contribution is -2.45. The van der Waals surface area contributed by atoms with Gasteiger partial charge >= 0.3 is 12.2 Å². The number of aromatic nitrogens is 1. The van der Waals surface area contributed by atoms with Crippen molar-refractivity contribution >= 4 is 17.6 Å². The number of carbonyl (C=O) groups excluding carboxylic acids is 2. The van der Waals surface area contributed by atoms with E-state index in [0.29, 0.717) is 19.7 Å². The zero-order valence-electron chi connectivity index (χ0n) is 18.1. The Bertz CT molecular complexity index is 927. The van der Waals surface area contributed by atoms with Crippen LogP contribution in [0.5, 0.6) is 0 Å². The Kier molecular flexibility index (Phi) is 8.89. The van der Waals surface area contributed by atoms with Gasteiger partial charge in [-0.3, -0.25) is 4.79 Å². The molecule has 0 bridgehead atoms. The zero-order chi connectivity index (χ0) is 23.7. The molecule has 0 saturated heterocycles. The van der Waals surface area contributed by atoms with E-state index in [4.69, 9.17) is 4.74 Å². The van der Waals surface area contributed by atoms with Gasteiger partial charge in [0, 0.05) is 44.8 Å². The van der Waals surface area contributed by atoms with E-state index in [1.54, 1.807) is 4.90 Å². The van der Waals surface area contributed by atoms with Crippen LogP contribution in [0.4, 0.5) is 23.7 Å². The van der Waals surface area contributed by atoms with Crippen LogP contribution in [0.1, 0.15) is 11.3 Å². The molecule has 0 aliphatic carbocycles. The van der Waals surface area contributed by atoms with Crippen LogP contribution in [0.15, 0.2) is 55.3 Å². The summed E-state index contributed by atoms with van der Waals surface area (Å²) in [7, 11) is 3.39. The summed E-state index contributed by atoms with van der Waals surface area (Å²) in [5.74, 6) is -0.329. The first-order chi connectivity index (χ1) is 15.2. The van der Waals surface area contributed by atoms with Crippen molar-refractivity contribution in [3.05, 3.63) is 66.5 Å². The predicted octanol–water partition coefficient (Wildman–Crippen LogP) is 3.74. The van der Waals surface area contributed by atoms with Crippen LogP contribution in [0.3, 0.4) is 0 Å². The van der Waals surface area contributed by atoms with E-state index < -0.39 is 17.8 Å². The molecule has 0 fully saturated rings. The Morgan fingerprint density at radius 3 is 2.56 bits per heavy atom. The van der Waals surface area contributed by atoms with Crippen LogP contribution >= 0.6 is 0 Å². The van der Waals surface area contributed by atoms with E-state index in [1.165, 1.54) is 30.2 Å². The third-order valence-corrected chi connectivity index (χ3v) is 4.73. The average Bonchev–Trinajstić information content (AvgIpc) is 3.14. The maximum atomic E-state index is 13.0. The van der Waals surface area contributed by atoms with Gasteiger partial charge in [0.1, 0.15) is 6.54 Å². The number of aryl methyl sites for hydroxylation is 1. The molecule has 32 heavy (non-hydrogen) atoms. The lowest BCUT2D eigenvalue weighted by atomic mass is 10.2. The fourth-order valence-electron chi connectivity index (χ4n) is 2.96. The van der Waals surface area contributed by atoms with Crippen molar-refractivity contribution in [2.24, 2.45) is 7.05 Å². The van der Waals surface area contributed by atoms with Gasteiger partial charge in [0.25, 0.3) is 0 Å². The summed E-state index contributed by atoms with van der Waals surface area (Å²) in [6.07, 6.45) is -1.23. The minimum absolute atomic E-state index is 0.0219.